The highest BCUT2D eigenvalue weighted by Gasteiger charge is 2.12. The first kappa shape index (κ1) is 10.8. The van der Waals surface area contributed by atoms with E-state index in [9.17, 15) is 15.0 Å². The number of nitrogens with two attached hydrogens (primary N) is 1. The van der Waals surface area contributed by atoms with Crippen molar-refractivity contribution in [2.24, 2.45) is 5.73 Å². The molecule has 1 rings (SSSR count). The van der Waals surface area contributed by atoms with E-state index in [1.54, 1.807) is 0 Å². The number of rotatable bonds is 3. The number of aromatic hydroxyl groups is 1. The lowest BCUT2D eigenvalue weighted by Crippen LogP contribution is -2.12. The van der Waals surface area contributed by atoms with Crippen LogP contribution in [0.2, 0.25) is 0 Å². The first-order chi connectivity index (χ1) is 6.56. The van der Waals surface area contributed by atoms with E-state index in [1.807, 2.05) is 0 Å². The molecular weight excluding hydrogens is 206 g/mol. The average molecular weight is 216 g/mol. The number of alkyl halides is 1. The topological polar surface area (TPSA) is 83.6 Å². The smallest absolute Gasteiger partial charge is 0.252 e. The summed E-state index contributed by atoms with van der Waals surface area (Å²) >= 11 is 5.43. The highest BCUT2D eigenvalue weighted by atomic mass is 35.5. The molecule has 0 aliphatic heterocycles. The van der Waals surface area contributed by atoms with Crippen LogP contribution in [0.4, 0.5) is 0 Å². The normalized spacial score (nSPS) is 12.4. The third-order valence-electron chi connectivity index (χ3n) is 1.82. The molecule has 76 valence electrons. The Balaban J connectivity index is 3.12. The summed E-state index contributed by atoms with van der Waals surface area (Å²) in [5, 5.41) is 18.6. The molecule has 0 fully saturated rings. The number of phenols is 1. The molecule has 0 aromatic heterocycles. The first-order valence-electron chi connectivity index (χ1n) is 3.93. The molecule has 14 heavy (non-hydrogen) atoms. The molecule has 4 nitrogen and oxygen atoms in total. The summed E-state index contributed by atoms with van der Waals surface area (Å²) in [5.41, 5.74) is 5.44. The van der Waals surface area contributed by atoms with E-state index >= 15 is 0 Å². The van der Waals surface area contributed by atoms with Crippen molar-refractivity contribution < 1.29 is 15.0 Å². The Hall–Kier alpha value is -1.26. The van der Waals surface area contributed by atoms with Gasteiger partial charge in [-0.25, -0.2) is 0 Å². The Labute approximate surface area is 85.9 Å². The summed E-state index contributed by atoms with van der Waals surface area (Å²) in [7, 11) is 0. The highest BCUT2D eigenvalue weighted by molar-refractivity contribution is 6.18. The molecule has 0 aliphatic carbocycles. The molecule has 0 aliphatic rings. The molecule has 0 heterocycles. The van der Waals surface area contributed by atoms with Gasteiger partial charge in [0.2, 0.25) is 0 Å². The number of halogens is 1. The van der Waals surface area contributed by atoms with E-state index in [4.69, 9.17) is 17.3 Å². The number of hydrogen-bond donors (Lipinski definition) is 3. The quantitative estimate of drug-likeness (QED) is 0.651. The van der Waals surface area contributed by atoms with Crippen LogP contribution in [0.15, 0.2) is 18.2 Å². The minimum Gasteiger partial charge on any atom is -0.507 e. The standard InChI is InChI=1S/C9H10ClNO3/c10-4-8(13)5-1-2-7(12)6(3-5)9(11)14/h1-3,8,12-13H,4H2,(H2,11,14). The maximum Gasteiger partial charge on any atom is 0.252 e. The Kier molecular flexibility index (Phi) is 3.33. The van der Waals surface area contributed by atoms with Gasteiger partial charge in [0.1, 0.15) is 5.75 Å². The molecule has 1 aromatic carbocycles. The van der Waals surface area contributed by atoms with Crippen molar-refractivity contribution in [3.05, 3.63) is 29.3 Å². The van der Waals surface area contributed by atoms with E-state index in [1.165, 1.54) is 18.2 Å². The zero-order valence-electron chi connectivity index (χ0n) is 7.27. The lowest BCUT2D eigenvalue weighted by molar-refractivity contribution is 0.0997. The number of carbonyl (C=O) groups excluding carboxylic acids is 1. The van der Waals surface area contributed by atoms with Crippen LogP contribution in [0.5, 0.6) is 5.75 Å². The van der Waals surface area contributed by atoms with E-state index in [0.29, 0.717) is 5.56 Å². The molecule has 4 N–H and O–H groups in total. The number of benzene rings is 1. The molecule has 1 atom stereocenters. The fourth-order valence-electron chi connectivity index (χ4n) is 1.05. The third kappa shape index (κ3) is 2.16. The molecule has 0 saturated heterocycles. The lowest BCUT2D eigenvalue weighted by Gasteiger charge is -2.08. The van der Waals surface area contributed by atoms with Gasteiger partial charge in [0, 0.05) is 0 Å². The summed E-state index contributed by atoms with van der Waals surface area (Å²) in [6.45, 7) is 0. The SMILES string of the molecule is NC(=O)c1cc(C(O)CCl)ccc1O. The van der Waals surface area contributed by atoms with Gasteiger partial charge in [-0.05, 0) is 17.7 Å². The number of aliphatic hydroxyl groups excluding tert-OH is 1. The van der Waals surface area contributed by atoms with Crippen molar-refractivity contribution in [1.82, 2.24) is 0 Å². The highest BCUT2D eigenvalue weighted by Crippen LogP contribution is 2.22. The summed E-state index contributed by atoms with van der Waals surface area (Å²) in [4.78, 5) is 10.8. The van der Waals surface area contributed by atoms with Gasteiger partial charge in [-0.3, -0.25) is 4.79 Å². The number of primary amides is 1. The molecule has 1 unspecified atom stereocenters. The van der Waals surface area contributed by atoms with E-state index in [0.717, 1.165) is 0 Å². The van der Waals surface area contributed by atoms with E-state index in [2.05, 4.69) is 0 Å². The number of amides is 1. The van der Waals surface area contributed by atoms with Crippen molar-refractivity contribution in [2.45, 2.75) is 6.10 Å². The third-order valence-corrected chi connectivity index (χ3v) is 2.11. The van der Waals surface area contributed by atoms with E-state index < -0.39 is 12.0 Å². The molecule has 1 aromatic rings. The molecule has 0 radical (unpaired) electrons. The zero-order chi connectivity index (χ0) is 10.7. The molecule has 0 bridgehead atoms. The molecular formula is C9H10ClNO3. The van der Waals surface area contributed by atoms with Crippen LogP contribution < -0.4 is 5.73 Å². The van der Waals surface area contributed by atoms with Gasteiger partial charge in [-0.2, -0.15) is 0 Å². The minimum atomic E-state index is -0.865. The van der Waals surface area contributed by atoms with Gasteiger partial charge in [-0.15, -0.1) is 11.6 Å². The Morgan fingerprint density at radius 2 is 2.21 bits per heavy atom. The van der Waals surface area contributed by atoms with Gasteiger partial charge >= 0.3 is 0 Å². The summed E-state index contributed by atoms with van der Waals surface area (Å²) in [5.74, 6) is -0.933. The van der Waals surface area contributed by atoms with Crippen molar-refractivity contribution in [3.8, 4) is 5.75 Å². The van der Waals surface area contributed by atoms with Crippen LogP contribution in [-0.2, 0) is 0 Å². The predicted octanol–water partition coefficient (Wildman–Crippen LogP) is 0.763. The van der Waals surface area contributed by atoms with Crippen LogP contribution >= 0.6 is 11.6 Å². The van der Waals surface area contributed by atoms with Crippen LogP contribution in [0, 0.1) is 0 Å². The maximum atomic E-state index is 10.8. The number of aliphatic hydroxyl groups is 1. The van der Waals surface area contributed by atoms with Gasteiger partial charge in [0.05, 0.1) is 17.5 Å². The first-order valence-corrected chi connectivity index (χ1v) is 4.46. The van der Waals surface area contributed by atoms with Crippen molar-refractivity contribution in [3.63, 3.8) is 0 Å². The number of hydrogen-bond acceptors (Lipinski definition) is 3. The summed E-state index contributed by atoms with van der Waals surface area (Å²) in [6.07, 6.45) is -0.865. The van der Waals surface area contributed by atoms with Crippen LogP contribution in [0.1, 0.15) is 22.0 Å². The average Bonchev–Trinajstić information content (AvgIpc) is 2.17. The lowest BCUT2D eigenvalue weighted by atomic mass is 10.1. The Morgan fingerprint density at radius 3 is 2.71 bits per heavy atom. The fraction of sp³-hybridized carbons (Fsp3) is 0.222. The monoisotopic (exact) mass is 215 g/mol. The summed E-state index contributed by atoms with van der Waals surface area (Å²) in [6, 6.07) is 4.10. The second-order valence-electron chi connectivity index (χ2n) is 2.81. The predicted molar refractivity (Wildman–Crippen MR) is 52.3 cm³/mol. The van der Waals surface area contributed by atoms with Crippen molar-refractivity contribution in [1.29, 1.82) is 0 Å². The van der Waals surface area contributed by atoms with Gasteiger partial charge in [0.25, 0.3) is 5.91 Å². The molecule has 1 amide bonds. The second kappa shape index (κ2) is 4.30. The fourth-order valence-corrected chi connectivity index (χ4v) is 1.23. The van der Waals surface area contributed by atoms with Gasteiger partial charge in [0.15, 0.2) is 0 Å². The van der Waals surface area contributed by atoms with Gasteiger partial charge in [-0.1, -0.05) is 6.07 Å². The van der Waals surface area contributed by atoms with Gasteiger partial charge < -0.3 is 15.9 Å². The Bertz CT molecular complexity index is 354. The summed E-state index contributed by atoms with van der Waals surface area (Å²) < 4.78 is 0. The zero-order valence-corrected chi connectivity index (χ0v) is 8.03. The second-order valence-corrected chi connectivity index (χ2v) is 3.12. The van der Waals surface area contributed by atoms with E-state index in [-0.39, 0.29) is 17.2 Å². The maximum absolute atomic E-state index is 10.8. The molecule has 5 heteroatoms. The molecule has 0 saturated carbocycles. The largest absolute Gasteiger partial charge is 0.507 e. The van der Waals surface area contributed by atoms with Crippen LogP contribution in [0.25, 0.3) is 0 Å². The van der Waals surface area contributed by atoms with Crippen molar-refractivity contribution in [2.75, 3.05) is 5.88 Å². The number of carbonyl (C=O) groups is 1. The molecule has 0 spiro atoms. The Morgan fingerprint density at radius 1 is 1.57 bits per heavy atom. The van der Waals surface area contributed by atoms with Crippen molar-refractivity contribution >= 4 is 17.5 Å². The van der Waals surface area contributed by atoms with Crippen LogP contribution in [-0.4, -0.2) is 22.0 Å². The minimum absolute atomic E-state index is 0.0168. The van der Waals surface area contributed by atoms with Crippen LogP contribution in [0.3, 0.4) is 0 Å².